The average molecular weight is 403 g/mol. The Hall–Kier alpha value is -3.87. The fourth-order valence-electron chi connectivity index (χ4n) is 3.36. The minimum absolute atomic E-state index is 0.0824. The van der Waals surface area contributed by atoms with Crippen LogP contribution in [-0.2, 0) is 11.2 Å². The largest absolute Gasteiger partial charge is 0.497 e. The summed E-state index contributed by atoms with van der Waals surface area (Å²) in [4.78, 5) is 30.8. The number of nitrogens with one attached hydrogen (secondary N) is 1. The number of hydrogen-bond donors (Lipinski definition) is 1. The molecule has 2 aromatic carbocycles. The second kappa shape index (κ2) is 8.65. The lowest BCUT2D eigenvalue weighted by molar-refractivity contribution is -0.118. The van der Waals surface area contributed by atoms with Gasteiger partial charge < -0.3 is 19.7 Å². The minimum Gasteiger partial charge on any atom is -0.497 e. The molecule has 1 aliphatic rings. The van der Waals surface area contributed by atoms with Crippen LogP contribution in [0.3, 0.4) is 0 Å². The van der Waals surface area contributed by atoms with Crippen molar-refractivity contribution in [2.75, 3.05) is 30.5 Å². The maximum atomic E-state index is 12.8. The molecule has 0 saturated carbocycles. The van der Waals surface area contributed by atoms with Crippen LogP contribution in [0.25, 0.3) is 0 Å². The maximum Gasteiger partial charge on any atom is 0.262 e. The van der Waals surface area contributed by atoms with Crippen molar-refractivity contribution in [2.45, 2.75) is 6.42 Å². The number of benzene rings is 2. The van der Waals surface area contributed by atoms with Gasteiger partial charge in [-0.25, -0.2) is 0 Å². The van der Waals surface area contributed by atoms with Gasteiger partial charge in [0.15, 0.2) is 6.61 Å². The van der Waals surface area contributed by atoms with Crippen LogP contribution in [0.1, 0.15) is 15.9 Å². The van der Waals surface area contributed by atoms with Crippen molar-refractivity contribution in [3.8, 4) is 11.5 Å². The molecule has 0 spiro atoms. The van der Waals surface area contributed by atoms with Gasteiger partial charge in [0.1, 0.15) is 11.5 Å². The number of ether oxygens (including phenoxy) is 2. The predicted molar refractivity (Wildman–Crippen MR) is 113 cm³/mol. The minimum atomic E-state index is -0.289. The highest BCUT2D eigenvalue weighted by molar-refractivity contribution is 6.07. The van der Waals surface area contributed by atoms with Crippen LogP contribution in [-0.4, -0.2) is 37.1 Å². The van der Waals surface area contributed by atoms with Gasteiger partial charge in [0, 0.05) is 41.9 Å². The van der Waals surface area contributed by atoms with Gasteiger partial charge in [0.25, 0.3) is 11.8 Å². The smallest absolute Gasteiger partial charge is 0.262 e. The summed E-state index contributed by atoms with van der Waals surface area (Å²) < 4.78 is 10.7. The van der Waals surface area contributed by atoms with E-state index in [1.54, 1.807) is 60.8 Å². The first-order valence-electron chi connectivity index (χ1n) is 9.55. The number of amides is 2. The highest BCUT2D eigenvalue weighted by atomic mass is 16.5. The summed E-state index contributed by atoms with van der Waals surface area (Å²) in [6.07, 6.45) is 3.98. The molecule has 152 valence electrons. The summed E-state index contributed by atoms with van der Waals surface area (Å²) in [5.74, 6) is 0.835. The fraction of sp³-hybridized carbons (Fsp3) is 0.174. The molecule has 0 bridgehead atoms. The summed E-state index contributed by atoms with van der Waals surface area (Å²) >= 11 is 0. The van der Waals surface area contributed by atoms with Crippen molar-refractivity contribution >= 4 is 23.2 Å². The van der Waals surface area contributed by atoms with E-state index in [1.165, 1.54) is 0 Å². The van der Waals surface area contributed by atoms with Crippen LogP contribution in [0.5, 0.6) is 11.5 Å². The lowest BCUT2D eigenvalue weighted by Gasteiger charge is -2.18. The van der Waals surface area contributed by atoms with E-state index in [-0.39, 0.29) is 18.4 Å². The summed E-state index contributed by atoms with van der Waals surface area (Å²) in [7, 11) is 1.57. The highest BCUT2D eigenvalue weighted by Crippen LogP contribution is 2.32. The topological polar surface area (TPSA) is 80.8 Å². The van der Waals surface area contributed by atoms with E-state index < -0.39 is 0 Å². The lowest BCUT2D eigenvalue weighted by Crippen LogP contribution is -2.29. The zero-order chi connectivity index (χ0) is 20.9. The van der Waals surface area contributed by atoms with Crippen molar-refractivity contribution in [3.05, 3.63) is 78.1 Å². The second-order valence-corrected chi connectivity index (χ2v) is 6.80. The van der Waals surface area contributed by atoms with E-state index >= 15 is 0 Å². The van der Waals surface area contributed by atoms with Gasteiger partial charge in [-0.1, -0.05) is 12.1 Å². The third kappa shape index (κ3) is 4.25. The molecule has 2 amide bonds. The van der Waals surface area contributed by atoms with Gasteiger partial charge in [-0.3, -0.25) is 14.6 Å². The lowest BCUT2D eigenvalue weighted by atomic mass is 10.1. The molecule has 0 fully saturated rings. The number of hydrogen-bond acceptors (Lipinski definition) is 5. The summed E-state index contributed by atoms with van der Waals surface area (Å²) in [6.45, 7) is 0.469. The molecule has 0 radical (unpaired) electrons. The van der Waals surface area contributed by atoms with Crippen molar-refractivity contribution in [2.24, 2.45) is 0 Å². The normalized spacial score (nSPS) is 12.2. The van der Waals surface area contributed by atoms with Crippen LogP contribution in [0.15, 0.2) is 67.0 Å². The predicted octanol–water partition coefficient (Wildman–Crippen LogP) is 3.31. The first kappa shape index (κ1) is 19.4. The van der Waals surface area contributed by atoms with E-state index in [0.29, 0.717) is 29.3 Å². The van der Waals surface area contributed by atoms with E-state index in [1.807, 2.05) is 18.2 Å². The molecule has 1 N–H and O–H groups in total. The molecule has 1 aliphatic heterocycles. The van der Waals surface area contributed by atoms with Gasteiger partial charge in [0.05, 0.1) is 7.11 Å². The Morgan fingerprint density at radius 1 is 1.07 bits per heavy atom. The molecule has 4 rings (SSSR count). The standard InChI is InChI=1S/C23H21N3O4/c1-29-19-3-2-4-20(14-19)30-15-22(27)25-18-6-5-16-9-12-26(21(16)13-18)23(28)17-7-10-24-11-8-17/h2-8,10-11,13-14H,9,12,15H2,1H3,(H,25,27). The Bertz CT molecular complexity index is 1070. The number of fused-ring (bicyclic) bond motifs is 1. The summed E-state index contributed by atoms with van der Waals surface area (Å²) in [5.41, 5.74) is 3.08. The SMILES string of the molecule is COc1cccc(OCC(=O)Nc2ccc3c(c2)N(C(=O)c2ccncc2)CC3)c1. The number of rotatable bonds is 6. The molecule has 0 unspecified atom stereocenters. The second-order valence-electron chi connectivity index (χ2n) is 6.80. The number of methoxy groups -OCH3 is 1. The van der Waals surface area contributed by atoms with Gasteiger partial charge in [0.2, 0.25) is 0 Å². The molecule has 7 nitrogen and oxygen atoms in total. The zero-order valence-electron chi connectivity index (χ0n) is 16.5. The monoisotopic (exact) mass is 403 g/mol. The molecular weight excluding hydrogens is 382 g/mol. The first-order chi connectivity index (χ1) is 14.6. The van der Waals surface area contributed by atoms with Crippen LogP contribution in [0.2, 0.25) is 0 Å². The van der Waals surface area contributed by atoms with E-state index in [9.17, 15) is 9.59 Å². The number of carbonyl (C=O) groups is 2. The number of aromatic nitrogens is 1. The Kier molecular flexibility index (Phi) is 5.61. The first-order valence-corrected chi connectivity index (χ1v) is 9.55. The number of anilines is 2. The van der Waals surface area contributed by atoms with E-state index in [0.717, 1.165) is 17.7 Å². The van der Waals surface area contributed by atoms with E-state index in [2.05, 4.69) is 10.3 Å². The number of nitrogens with zero attached hydrogens (tertiary/aromatic N) is 2. The fourth-order valence-corrected chi connectivity index (χ4v) is 3.36. The van der Waals surface area contributed by atoms with Crippen molar-refractivity contribution in [1.82, 2.24) is 4.98 Å². The molecule has 2 heterocycles. The molecule has 0 atom stereocenters. The van der Waals surface area contributed by atoms with Gasteiger partial charge in [-0.2, -0.15) is 0 Å². The van der Waals surface area contributed by atoms with Crippen molar-refractivity contribution in [1.29, 1.82) is 0 Å². The maximum absolute atomic E-state index is 12.8. The Labute approximate surface area is 174 Å². The van der Waals surface area contributed by atoms with E-state index in [4.69, 9.17) is 9.47 Å². The zero-order valence-corrected chi connectivity index (χ0v) is 16.5. The van der Waals surface area contributed by atoms with Crippen LogP contribution in [0.4, 0.5) is 11.4 Å². The van der Waals surface area contributed by atoms with Gasteiger partial charge in [-0.15, -0.1) is 0 Å². The van der Waals surface area contributed by atoms with Crippen LogP contribution < -0.4 is 19.7 Å². The van der Waals surface area contributed by atoms with Crippen LogP contribution in [0, 0.1) is 0 Å². The van der Waals surface area contributed by atoms with Gasteiger partial charge in [-0.05, 0) is 48.4 Å². The quantitative estimate of drug-likeness (QED) is 0.683. The molecule has 0 saturated heterocycles. The molecular formula is C23H21N3O4. The molecule has 3 aromatic rings. The highest BCUT2D eigenvalue weighted by Gasteiger charge is 2.26. The van der Waals surface area contributed by atoms with Gasteiger partial charge >= 0.3 is 0 Å². The van der Waals surface area contributed by atoms with Crippen molar-refractivity contribution in [3.63, 3.8) is 0 Å². The van der Waals surface area contributed by atoms with Crippen LogP contribution >= 0.6 is 0 Å². The summed E-state index contributed by atoms with van der Waals surface area (Å²) in [5, 5.41) is 2.83. The number of pyridine rings is 1. The number of carbonyl (C=O) groups excluding carboxylic acids is 2. The molecule has 0 aliphatic carbocycles. The summed E-state index contributed by atoms with van der Waals surface area (Å²) in [6, 6.07) is 16.1. The molecule has 7 heteroatoms. The Morgan fingerprint density at radius 2 is 1.87 bits per heavy atom. The third-order valence-corrected chi connectivity index (χ3v) is 4.85. The van der Waals surface area contributed by atoms with Crippen molar-refractivity contribution < 1.29 is 19.1 Å². The molecule has 1 aromatic heterocycles. The Morgan fingerprint density at radius 3 is 2.67 bits per heavy atom. The Balaban J connectivity index is 1.42. The third-order valence-electron chi connectivity index (χ3n) is 4.85. The average Bonchev–Trinajstić information content (AvgIpc) is 3.21. The molecule has 30 heavy (non-hydrogen) atoms.